The van der Waals surface area contributed by atoms with Crippen molar-refractivity contribution < 1.29 is 4.42 Å². The molecule has 2 aromatic heterocycles. The Hall–Kier alpha value is -2.88. The molecule has 1 aromatic carbocycles. The number of hydrogen-bond acceptors (Lipinski definition) is 7. The molecule has 0 aliphatic carbocycles. The highest BCUT2D eigenvalue weighted by atomic mass is 79.9. The number of nitrogens with zero attached hydrogens (tertiary/aromatic N) is 4. The fraction of sp³-hybridized carbons (Fsp3) is 0.333. The first-order valence-electron chi connectivity index (χ1n) is 8.82. The average molecular weight is 449 g/mol. The molecule has 0 saturated heterocycles. The molecule has 0 saturated carbocycles. The number of H-pyrrole nitrogens is 1. The van der Waals surface area contributed by atoms with Gasteiger partial charge in [0.25, 0.3) is 5.56 Å². The van der Waals surface area contributed by atoms with Gasteiger partial charge in [-0.2, -0.15) is 0 Å². The molecule has 0 bridgehead atoms. The SMILES string of the molecule is CCCCn1c(N)c(N(C)Cc2nnc(-c3cccc(Br)c3)o2)c(=O)[nH]c1=O. The van der Waals surface area contributed by atoms with Crippen molar-refractivity contribution in [3.05, 3.63) is 55.5 Å². The van der Waals surface area contributed by atoms with E-state index < -0.39 is 11.2 Å². The van der Waals surface area contributed by atoms with Crippen molar-refractivity contribution in [2.24, 2.45) is 0 Å². The van der Waals surface area contributed by atoms with Crippen LogP contribution >= 0.6 is 15.9 Å². The minimum Gasteiger partial charge on any atom is -0.419 e. The van der Waals surface area contributed by atoms with Gasteiger partial charge in [0.2, 0.25) is 11.8 Å². The van der Waals surface area contributed by atoms with Gasteiger partial charge in [-0.05, 0) is 24.6 Å². The van der Waals surface area contributed by atoms with Crippen molar-refractivity contribution in [1.29, 1.82) is 0 Å². The van der Waals surface area contributed by atoms with Crippen LogP contribution in [0.1, 0.15) is 25.7 Å². The maximum Gasteiger partial charge on any atom is 0.330 e. The third-order valence-electron chi connectivity index (χ3n) is 4.24. The average Bonchev–Trinajstić information content (AvgIpc) is 3.09. The summed E-state index contributed by atoms with van der Waals surface area (Å²) in [5, 5.41) is 8.10. The van der Waals surface area contributed by atoms with E-state index in [9.17, 15) is 9.59 Å². The third kappa shape index (κ3) is 4.16. The minimum atomic E-state index is -0.551. The molecule has 0 amide bonds. The molecule has 0 aliphatic heterocycles. The van der Waals surface area contributed by atoms with E-state index in [0.29, 0.717) is 18.3 Å². The minimum absolute atomic E-state index is 0.122. The zero-order valence-electron chi connectivity index (χ0n) is 15.6. The van der Waals surface area contributed by atoms with Crippen LogP contribution in [0.3, 0.4) is 0 Å². The standard InChI is InChI=1S/C18H21BrN6O3/c1-3-4-8-25-15(20)14(16(26)21-18(25)27)24(2)10-13-22-23-17(28-13)11-6-5-7-12(19)9-11/h5-7,9H,3-4,8,10,20H2,1-2H3,(H,21,26,27). The summed E-state index contributed by atoms with van der Waals surface area (Å²) in [4.78, 5) is 28.3. The highest BCUT2D eigenvalue weighted by Gasteiger charge is 2.18. The van der Waals surface area contributed by atoms with Crippen molar-refractivity contribution in [3.63, 3.8) is 0 Å². The summed E-state index contributed by atoms with van der Waals surface area (Å²) in [5.74, 6) is 0.818. The van der Waals surface area contributed by atoms with Crippen LogP contribution in [0.15, 0.2) is 42.7 Å². The van der Waals surface area contributed by atoms with Crippen LogP contribution in [0.25, 0.3) is 11.5 Å². The first kappa shape index (κ1) is 19.9. The predicted octanol–water partition coefficient (Wildman–Crippen LogP) is 2.37. The molecule has 3 aromatic rings. The predicted molar refractivity (Wildman–Crippen MR) is 110 cm³/mol. The molecule has 0 fully saturated rings. The molecular weight excluding hydrogens is 428 g/mol. The Morgan fingerprint density at radius 3 is 2.82 bits per heavy atom. The highest BCUT2D eigenvalue weighted by Crippen LogP contribution is 2.23. The van der Waals surface area contributed by atoms with E-state index in [-0.39, 0.29) is 18.1 Å². The summed E-state index contributed by atoms with van der Waals surface area (Å²) in [6.07, 6.45) is 1.68. The Labute approximate surface area is 169 Å². The van der Waals surface area contributed by atoms with Crippen molar-refractivity contribution in [3.8, 4) is 11.5 Å². The number of aromatic amines is 1. The maximum atomic E-state index is 12.3. The van der Waals surface area contributed by atoms with Crippen LogP contribution in [0.5, 0.6) is 0 Å². The number of nitrogens with one attached hydrogen (secondary N) is 1. The largest absolute Gasteiger partial charge is 0.419 e. The summed E-state index contributed by atoms with van der Waals surface area (Å²) in [5.41, 5.74) is 6.03. The van der Waals surface area contributed by atoms with E-state index in [1.807, 2.05) is 31.2 Å². The molecule has 2 heterocycles. The van der Waals surface area contributed by atoms with Gasteiger partial charge in [-0.25, -0.2) is 4.79 Å². The van der Waals surface area contributed by atoms with Gasteiger partial charge in [-0.15, -0.1) is 10.2 Å². The Kier molecular flexibility index (Phi) is 5.98. The van der Waals surface area contributed by atoms with Crippen molar-refractivity contribution in [1.82, 2.24) is 19.7 Å². The fourth-order valence-electron chi connectivity index (χ4n) is 2.82. The summed E-state index contributed by atoms with van der Waals surface area (Å²) in [6, 6.07) is 7.50. The molecule has 0 aliphatic rings. The Balaban J connectivity index is 1.87. The van der Waals surface area contributed by atoms with E-state index in [1.165, 1.54) is 4.57 Å². The number of unbranched alkanes of at least 4 members (excludes halogenated alkanes) is 1. The molecule has 148 valence electrons. The van der Waals surface area contributed by atoms with Crippen molar-refractivity contribution in [2.45, 2.75) is 32.9 Å². The van der Waals surface area contributed by atoms with Crippen molar-refractivity contribution in [2.75, 3.05) is 17.7 Å². The number of benzene rings is 1. The summed E-state index contributed by atoms with van der Waals surface area (Å²) < 4.78 is 7.98. The quantitative estimate of drug-likeness (QED) is 0.568. The number of aromatic nitrogens is 4. The molecule has 9 nitrogen and oxygen atoms in total. The lowest BCUT2D eigenvalue weighted by Crippen LogP contribution is -2.37. The second kappa shape index (κ2) is 8.42. The van der Waals surface area contributed by atoms with Crippen LogP contribution in [0, 0.1) is 0 Å². The van der Waals surface area contributed by atoms with Gasteiger partial charge >= 0.3 is 5.69 Å². The molecule has 3 N–H and O–H groups in total. The fourth-order valence-corrected chi connectivity index (χ4v) is 3.22. The summed E-state index contributed by atoms with van der Waals surface area (Å²) >= 11 is 3.41. The van der Waals surface area contributed by atoms with Crippen LogP contribution < -0.4 is 21.9 Å². The van der Waals surface area contributed by atoms with E-state index in [2.05, 4.69) is 31.1 Å². The normalized spacial score (nSPS) is 11.0. The molecular formula is C18H21BrN6O3. The number of halogens is 1. The molecule has 0 spiro atoms. The molecule has 0 atom stereocenters. The Bertz CT molecular complexity index is 1090. The second-order valence-corrected chi connectivity index (χ2v) is 7.28. The number of nitrogens with two attached hydrogens (primary N) is 1. The van der Waals surface area contributed by atoms with Gasteiger partial charge in [0.15, 0.2) is 0 Å². The lowest BCUT2D eigenvalue weighted by Gasteiger charge is -2.20. The zero-order valence-corrected chi connectivity index (χ0v) is 17.2. The summed E-state index contributed by atoms with van der Waals surface area (Å²) in [6.45, 7) is 2.62. The van der Waals surface area contributed by atoms with Crippen LogP contribution in [0.4, 0.5) is 11.5 Å². The topological polar surface area (TPSA) is 123 Å². The molecule has 0 unspecified atom stereocenters. The first-order valence-corrected chi connectivity index (χ1v) is 9.62. The Morgan fingerprint density at radius 2 is 2.11 bits per heavy atom. The van der Waals surface area contributed by atoms with E-state index >= 15 is 0 Å². The lowest BCUT2D eigenvalue weighted by molar-refractivity contribution is 0.502. The van der Waals surface area contributed by atoms with Gasteiger partial charge in [0, 0.05) is 23.6 Å². The van der Waals surface area contributed by atoms with Crippen LogP contribution in [-0.2, 0) is 13.1 Å². The third-order valence-corrected chi connectivity index (χ3v) is 4.74. The molecule has 28 heavy (non-hydrogen) atoms. The van der Waals surface area contributed by atoms with Gasteiger partial charge in [0.05, 0.1) is 6.54 Å². The highest BCUT2D eigenvalue weighted by molar-refractivity contribution is 9.10. The van der Waals surface area contributed by atoms with Gasteiger partial charge in [-0.3, -0.25) is 14.3 Å². The second-order valence-electron chi connectivity index (χ2n) is 6.37. The maximum absolute atomic E-state index is 12.3. The van der Waals surface area contributed by atoms with Gasteiger partial charge in [0.1, 0.15) is 11.5 Å². The molecule has 3 rings (SSSR count). The van der Waals surface area contributed by atoms with Crippen LogP contribution in [0.2, 0.25) is 0 Å². The first-order chi connectivity index (χ1) is 13.4. The van der Waals surface area contributed by atoms with Crippen molar-refractivity contribution >= 4 is 27.4 Å². The molecule has 10 heteroatoms. The monoisotopic (exact) mass is 448 g/mol. The smallest absolute Gasteiger partial charge is 0.330 e. The summed E-state index contributed by atoms with van der Waals surface area (Å²) in [7, 11) is 1.68. The van der Waals surface area contributed by atoms with Gasteiger partial charge < -0.3 is 15.1 Å². The Morgan fingerprint density at radius 1 is 1.32 bits per heavy atom. The van der Waals surface area contributed by atoms with E-state index in [1.54, 1.807) is 11.9 Å². The molecule has 0 radical (unpaired) electrons. The number of hydrogen-bond donors (Lipinski definition) is 2. The van der Waals surface area contributed by atoms with Gasteiger partial charge in [-0.1, -0.05) is 35.3 Å². The zero-order chi connectivity index (χ0) is 20.3. The lowest BCUT2D eigenvalue weighted by atomic mass is 10.2. The van der Waals surface area contributed by atoms with E-state index in [4.69, 9.17) is 10.2 Å². The number of anilines is 2. The number of rotatable bonds is 7. The number of nitrogen functional groups attached to an aromatic ring is 1. The van der Waals surface area contributed by atoms with Crippen LogP contribution in [-0.4, -0.2) is 26.8 Å². The van der Waals surface area contributed by atoms with E-state index in [0.717, 1.165) is 22.9 Å².